The van der Waals surface area contributed by atoms with Crippen LogP contribution in [0.15, 0.2) is 10.7 Å². The maximum absolute atomic E-state index is 11.8. The van der Waals surface area contributed by atoms with Crippen LogP contribution in [0.2, 0.25) is 0 Å². The van der Waals surface area contributed by atoms with Crippen LogP contribution >= 0.6 is 15.9 Å². The smallest absolute Gasteiger partial charge is 0.415 e. The zero-order valence-corrected chi connectivity index (χ0v) is 11.5. The molecule has 1 N–H and O–H groups in total. The molecule has 0 aromatic carbocycles. The Bertz CT molecular complexity index is 381. The van der Waals surface area contributed by atoms with Crippen LogP contribution in [0.25, 0.3) is 0 Å². The van der Waals surface area contributed by atoms with E-state index < -0.39 is 6.09 Å². The van der Waals surface area contributed by atoms with E-state index in [9.17, 15) is 4.79 Å². The van der Waals surface area contributed by atoms with Crippen molar-refractivity contribution in [2.45, 2.75) is 13.3 Å². The molecular weight excluding hydrogens is 290 g/mol. The van der Waals surface area contributed by atoms with Gasteiger partial charge in [-0.15, -0.1) is 0 Å². The van der Waals surface area contributed by atoms with Crippen LogP contribution in [-0.4, -0.2) is 40.7 Å². The number of anilines is 1. The van der Waals surface area contributed by atoms with Gasteiger partial charge in [0.1, 0.15) is 10.4 Å². The number of nitrogens with zero attached hydrogens (tertiary/aromatic N) is 3. The molecule has 1 aromatic heterocycles. The monoisotopic (exact) mass is 305 g/mol. The van der Waals surface area contributed by atoms with E-state index in [-0.39, 0.29) is 6.61 Å². The summed E-state index contributed by atoms with van der Waals surface area (Å²) >= 11 is 3.25. The van der Waals surface area contributed by atoms with Crippen molar-refractivity contribution in [1.29, 1.82) is 0 Å². The molecule has 0 radical (unpaired) electrons. The fourth-order valence-corrected chi connectivity index (χ4v) is 1.85. The minimum absolute atomic E-state index is 0.0227. The van der Waals surface area contributed by atoms with Crippen LogP contribution in [0.1, 0.15) is 13.3 Å². The summed E-state index contributed by atoms with van der Waals surface area (Å²) in [5, 5.41) is 12.9. The Hall–Kier alpha value is -1.08. The number of halogens is 1. The highest BCUT2D eigenvalue weighted by molar-refractivity contribution is 9.10. The molecule has 0 bridgehead atoms. The molecule has 7 heteroatoms. The van der Waals surface area contributed by atoms with Gasteiger partial charge in [-0.3, -0.25) is 9.58 Å². The van der Waals surface area contributed by atoms with Gasteiger partial charge >= 0.3 is 6.09 Å². The standard InChI is InChI=1S/C10H16BrN3O3/c1-3-17-10(16)14(5-4-6-15)9-7-8(11)12-13(9)2/h7,15H,3-6H2,1-2H3. The van der Waals surface area contributed by atoms with Gasteiger partial charge in [0, 0.05) is 26.3 Å². The van der Waals surface area contributed by atoms with E-state index in [0.29, 0.717) is 30.0 Å². The van der Waals surface area contributed by atoms with Gasteiger partial charge in [-0.05, 0) is 29.3 Å². The summed E-state index contributed by atoms with van der Waals surface area (Å²) < 4.78 is 7.20. The molecule has 0 atom stereocenters. The number of rotatable bonds is 5. The lowest BCUT2D eigenvalue weighted by atomic mass is 10.4. The zero-order valence-electron chi connectivity index (χ0n) is 9.89. The van der Waals surface area contributed by atoms with Crippen molar-refractivity contribution >= 4 is 27.8 Å². The van der Waals surface area contributed by atoms with E-state index in [1.165, 1.54) is 4.90 Å². The molecule has 1 heterocycles. The molecule has 0 saturated carbocycles. The van der Waals surface area contributed by atoms with Crippen molar-refractivity contribution in [2.75, 3.05) is 24.7 Å². The van der Waals surface area contributed by atoms with E-state index in [1.54, 1.807) is 24.7 Å². The van der Waals surface area contributed by atoms with Crippen molar-refractivity contribution in [3.05, 3.63) is 10.7 Å². The first-order valence-corrected chi connectivity index (χ1v) is 6.14. The van der Waals surface area contributed by atoms with E-state index in [0.717, 1.165) is 0 Å². The molecule has 1 rings (SSSR count). The third-order valence-corrected chi connectivity index (χ3v) is 2.52. The normalized spacial score (nSPS) is 10.4. The van der Waals surface area contributed by atoms with E-state index in [2.05, 4.69) is 21.0 Å². The molecule has 17 heavy (non-hydrogen) atoms. The zero-order chi connectivity index (χ0) is 12.8. The molecule has 96 valence electrons. The van der Waals surface area contributed by atoms with Crippen LogP contribution in [0.4, 0.5) is 10.6 Å². The molecule has 6 nitrogen and oxygen atoms in total. The van der Waals surface area contributed by atoms with Crippen molar-refractivity contribution in [3.63, 3.8) is 0 Å². The lowest BCUT2D eigenvalue weighted by Gasteiger charge is -2.21. The number of amides is 1. The van der Waals surface area contributed by atoms with E-state index in [1.807, 2.05) is 0 Å². The minimum atomic E-state index is -0.434. The number of carbonyl (C=O) groups is 1. The molecular formula is C10H16BrN3O3. The number of hydrogen-bond acceptors (Lipinski definition) is 4. The number of aliphatic hydroxyl groups excluding tert-OH is 1. The van der Waals surface area contributed by atoms with Gasteiger partial charge in [0.05, 0.1) is 6.61 Å². The second-order valence-corrected chi connectivity index (χ2v) is 4.19. The van der Waals surface area contributed by atoms with Crippen molar-refractivity contribution in [3.8, 4) is 0 Å². The SMILES string of the molecule is CCOC(=O)N(CCCO)c1cc(Br)nn1C. The number of hydrogen-bond donors (Lipinski definition) is 1. The molecule has 1 aromatic rings. The number of aliphatic hydroxyl groups is 1. The Balaban J connectivity index is 2.88. The molecule has 0 aliphatic carbocycles. The number of aromatic nitrogens is 2. The van der Waals surface area contributed by atoms with Gasteiger partial charge in [0.25, 0.3) is 0 Å². The summed E-state index contributed by atoms with van der Waals surface area (Å²) in [5.74, 6) is 0.628. The van der Waals surface area contributed by atoms with Crippen molar-refractivity contribution in [1.82, 2.24) is 9.78 Å². The first-order valence-electron chi connectivity index (χ1n) is 5.34. The molecule has 0 aliphatic rings. The van der Waals surface area contributed by atoms with Gasteiger partial charge in [-0.1, -0.05) is 0 Å². The topological polar surface area (TPSA) is 67.6 Å². The summed E-state index contributed by atoms with van der Waals surface area (Å²) in [5.41, 5.74) is 0. The number of aryl methyl sites for hydroxylation is 1. The van der Waals surface area contributed by atoms with Crippen molar-refractivity contribution < 1.29 is 14.6 Å². The molecule has 0 unspecified atom stereocenters. The highest BCUT2D eigenvalue weighted by Crippen LogP contribution is 2.20. The quantitative estimate of drug-likeness (QED) is 0.896. The first kappa shape index (κ1) is 14.0. The highest BCUT2D eigenvalue weighted by Gasteiger charge is 2.20. The van der Waals surface area contributed by atoms with Crippen LogP contribution in [0.3, 0.4) is 0 Å². The second kappa shape index (κ2) is 6.61. The lowest BCUT2D eigenvalue weighted by molar-refractivity contribution is 0.158. The predicted octanol–water partition coefficient (Wildman–Crippen LogP) is 1.53. The van der Waals surface area contributed by atoms with Gasteiger partial charge < -0.3 is 9.84 Å². The maximum atomic E-state index is 11.8. The fraction of sp³-hybridized carbons (Fsp3) is 0.600. The summed E-state index contributed by atoms with van der Waals surface area (Å²) in [7, 11) is 1.74. The third kappa shape index (κ3) is 3.71. The number of ether oxygens (including phenoxy) is 1. The largest absolute Gasteiger partial charge is 0.449 e. The van der Waals surface area contributed by atoms with Gasteiger partial charge in [-0.25, -0.2) is 4.79 Å². The highest BCUT2D eigenvalue weighted by atomic mass is 79.9. The third-order valence-electron chi connectivity index (χ3n) is 2.13. The Morgan fingerprint density at radius 3 is 2.88 bits per heavy atom. The summed E-state index contributed by atoms with van der Waals surface area (Å²) in [6.07, 6.45) is 0.0539. The van der Waals surface area contributed by atoms with E-state index in [4.69, 9.17) is 9.84 Å². The minimum Gasteiger partial charge on any atom is -0.449 e. The predicted molar refractivity (Wildman–Crippen MR) is 67.0 cm³/mol. The van der Waals surface area contributed by atoms with Gasteiger partial charge in [0.2, 0.25) is 0 Å². The molecule has 0 aliphatic heterocycles. The number of carbonyl (C=O) groups excluding carboxylic acids is 1. The average Bonchev–Trinajstić information content (AvgIpc) is 2.59. The Kier molecular flexibility index (Phi) is 5.43. The Morgan fingerprint density at radius 1 is 1.71 bits per heavy atom. The molecule has 0 fully saturated rings. The Morgan fingerprint density at radius 2 is 2.41 bits per heavy atom. The Labute approximate surface area is 108 Å². The first-order chi connectivity index (χ1) is 8.10. The van der Waals surface area contributed by atoms with Crippen LogP contribution < -0.4 is 4.90 Å². The summed E-state index contributed by atoms with van der Waals surface area (Å²) in [4.78, 5) is 13.2. The van der Waals surface area contributed by atoms with E-state index >= 15 is 0 Å². The average molecular weight is 306 g/mol. The molecule has 0 spiro atoms. The van der Waals surface area contributed by atoms with Crippen LogP contribution in [0, 0.1) is 0 Å². The van der Waals surface area contributed by atoms with Gasteiger partial charge in [-0.2, -0.15) is 5.10 Å². The van der Waals surface area contributed by atoms with Crippen molar-refractivity contribution in [2.24, 2.45) is 7.05 Å². The second-order valence-electron chi connectivity index (χ2n) is 3.38. The van der Waals surface area contributed by atoms with Gasteiger partial charge in [0.15, 0.2) is 0 Å². The molecule has 0 saturated heterocycles. The maximum Gasteiger partial charge on any atom is 0.415 e. The fourth-order valence-electron chi connectivity index (χ4n) is 1.41. The van der Waals surface area contributed by atoms with Crippen LogP contribution in [0.5, 0.6) is 0 Å². The molecule has 1 amide bonds. The summed E-state index contributed by atoms with van der Waals surface area (Å²) in [6.45, 7) is 2.48. The lowest BCUT2D eigenvalue weighted by Crippen LogP contribution is -2.34. The summed E-state index contributed by atoms with van der Waals surface area (Å²) in [6, 6.07) is 1.73. The van der Waals surface area contributed by atoms with Crippen LogP contribution in [-0.2, 0) is 11.8 Å².